The van der Waals surface area contributed by atoms with Gasteiger partial charge in [-0.05, 0) is 31.5 Å². The summed E-state index contributed by atoms with van der Waals surface area (Å²) >= 11 is 0. The standard InChI is InChI=1S/C10H17N3/c1-8-5-10(3-4-12-8)7-13-9(2)6-11/h3-5,9,13H,6-7,11H2,1-2H3/t9-/m1/s1. The van der Waals surface area contributed by atoms with Gasteiger partial charge in [-0.15, -0.1) is 0 Å². The van der Waals surface area contributed by atoms with Crippen LogP contribution in [0.15, 0.2) is 18.3 Å². The van der Waals surface area contributed by atoms with E-state index in [1.165, 1.54) is 5.56 Å². The molecule has 3 nitrogen and oxygen atoms in total. The van der Waals surface area contributed by atoms with Crippen LogP contribution in [0.25, 0.3) is 0 Å². The van der Waals surface area contributed by atoms with Gasteiger partial charge in [0, 0.05) is 31.0 Å². The van der Waals surface area contributed by atoms with E-state index in [-0.39, 0.29) is 0 Å². The smallest absolute Gasteiger partial charge is 0.0375 e. The average Bonchev–Trinajstić information content (AvgIpc) is 2.14. The molecule has 0 radical (unpaired) electrons. The van der Waals surface area contributed by atoms with E-state index in [0.717, 1.165) is 12.2 Å². The van der Waals surface area contributed by atoms with Crippen LogP contribution >= 0.6 is 0 Å². The van der Waals surface area contributed by atoms with Crippen molar-refractivity contribution in [1.29, 1.82) is 0 Å². The lowest BCUT2D eigenvalue weighted by Crippen LogP contribution is -2.32. The van der Waals surface area contributed by atoms with Gasteiger partial charge in [-0.3, -0.25) is 4.98 Å². The molecule has 0 aliphatic rings. The molecule has 0 amide bonds. The van der Waals surface area contributed by atoms with Gasteiger partial charge in [0.05, 0.1) is 0 Å². The second-order valence-electron chi connectivity index (χ2n) is 3.32. The first-order chi connectivity index (χ1) is 6.22. The summed E-state index contributed by atoms with van der Waals surface area (Å²) in [7, 11) is 0. The lowest BCUT2D eigenvalue weighted by molar-refractivity contribution is 0.556. The Bertz CT molecular complexity index is 260. The van der Waals surface area contributed by atoms with Crippen LogP contribution in [0.5, 0.6) is 0 Å². The van der Waals surface area contributed by atoms with Crippen molar-refractivity contribution in [2.24, 2.45) is 5.73 Å². The highest BCUT2D eigenvalue weighted by Gasteiger charge is 1.98. The maximum absolute atomic E-state index is 5.49. The summed E-state index contributed by atoms with van der Waals surface area (Å²) in [5.74, 6) is 0. The van der Waals surface area contributed by atoms with E-state index in [4.69, 9.17) is 5.73 Å². The Morgan fingerprint density at radius 3 is 3.00 bits per heavy atom. The van der Waals surface area contributed by atoms with Crippen LogP contribution in [0, 0.1) is 6.92 Å². The molecule has 0 spiro atoms. The lowest BCUT2D eigenvalue weighted by atomic mass is 10.2. The van der Waals surface area contributed by atoms with Crippen molar-refractivity contribution in [1.82, 2.24) is 10.3 Å². The number of hydrogen-bond donors (Lipinski definition) is 2. The number of nitrogens with two attached hydrogens (primary N) is 1. The van der Waals surface area contributed by atoms with Crippen LogP contribution in [0.4, 0.5) is 0 Å². The summed E-state index contributed by atoms with van der Waals surface area (Å²) in [4.78, 5) is 4.13. The molecule has 72 valence electrons. The first kappa shape index (κ1) is 10.2. The van der Waals surface area contributed by atoms with Gasteiger partial charge in [0.1, 0.15) is 0 Å². The van der Waals surface area contributed by atoms with Gasteiger partial charge in [0.25, 0.3) is 0 Å². The number of rotatable bonds is 4. The van der Waals surface area contributed by atoms with Gasteiger partial charge >= 0.3 is 0 Å². The molecule has 3 N–H and O–H groups in total. The van der Waals surface area contributed by atoms with Gasteiger partial charge in [0.2, 0.25) is 0 Å². The van der Waals surface area contributed by atoms with Crippen LogP contribution in [-0.4, -0.2) is 17.6 Å². The van der Waals surface area contributed by atoms with Gasteiger partial charge in [-0.2, -0.15) is 0 Å². The molecule has 0 aliphatic heterocycles. The van der Waals surface area contributed by atoms with Crippen LogP contribution in [0.1, 0.15) is 18.2 Å². The molecule has 13 heavy (non-hydrogen) atoms. The van der Waals surface area contributed by atoms with E-state index < -0.39 is 0 Å². The number of aromatic nitrogens is 1. The number of nitrogens with zero attached hydrogens (tertiary/aromatic N) is 1. The Labute approximate surface area is 79.4 Å². The normalized spacial score (nSPS) is 12.8. The third-order valence-electron chi connectivity index (χ3n) is 1.97. The number of nitrogens with one attached hydrogen (secondary N) is 1. The molecule has 0 aliphatic carbocycles. The molecule has 0 bridgehead atoms. The fourth-order valence-electron chi connectivity index (χ4n) is 1.09. The second-order valence-corrected chi connectivity index (χ2v) is 3.32. The van der Waals surface area contributed by atoms with Crippen molar-refractivity contribution in [3.8, 4) is 0 Å². The monoisotopic (exact) mass is 179 g/mol. The fraction of sp³-hybridized carbons (Fsp3) is 0.500. The summed E-state index contributed by atoms with van der Waals surface area (Å²) in [6, 6.07) is 4.47. The Morgan fingerprint density at radius 2 is 2.38 bits per heavy atom. The molecule has 0 saturated carbocycles. The predicted octanol–water partition coefficient (Wildman–Crippen LogP) is 0.827. The number of pyridine rings is 1. The van der Waals surface area contributed by atoms with Crippen molar-refractivity contribution >= 4 is 0 Å². The van der Waals surface area contributed by atoms with Crippen LogP contribution in [0.3, 0.4) is 0 Å². The second kappa shape index (κ2) is 4.94. The molecular weight excluding hydrogens is 162 g/mol. The maximum Gasteiger partial charge on any atom is 0.0375 e. The summed E-state index contributed by atoms with van der Waals surface area (Å²) in [6.07, 6.45) is 1.83. The van der Waals surface area contributed by atoms with Gasteiger partial charge in [-0.1, -0.05) is 0 Å². The van der Waals surface area contributed by atoms with E-state index in [9.17, 15) is 0 Å². The molecule has 1 heterocycles. The SMILES string of the molecule is Cc1cc(CN[C@H](C)CN)ccn1. The van der Waals surface area contributed by atoms with E-state index in [0.29, 0.717) is 12.6 Å². The van der Waals surface area contributed by atoms with Crippen LogP contribution in [0.2, 0.25) is 0 Å². The zero-order valence-corrected chi connectivity index (χ0v) is 8.25. The summed E-state index contributed by atoms with van der Waals surface area (Å²) in [5.41, 5.74) is 7.80. The highest BCUT2D eigenvalue weighted by Crippen LogP contribution is 2.00. The van der Waals surface area contributed by atoms with Gasteiger partial charge in [-0.25, -0.2) is 0 Å². The molecule has 1 aromatic rings. The van der Waals surface area contributed by atoms with Crippen molar-refractivity contribution < 1.29 is 0 Å². The third kappa shape index (κ3) is 3.53. The molecule has 1 atom stereocenters. The summed E-state index contributed by atoms with van der Waals surface area (Å²) in [5, 5.41) is 3.32. The maximum atomic E-state index is 5.49. The molecular formula is C10H17N3. The summed E-state index contributed by atoms with van der Waals surface area (Å²) in [6.45, 7) is 5.61. The Hall–Kier alpha value is -0.930. The third-order valence-corrected chi connectivity index (χ3v) is 1.97. The first-order valence-electron chi connectivity index (χ1n) is 4.57. The molecule has 0 aromatic carbocycles. The topological polar surface area (TPSA) is 50.9 Å². The minimum atomic E-state index is 0.369. The van der Waals surface area contributed by atoms with Crippen molar-refractivity contribution in [3.05, 3.63) is 29.6 Å². The van der Waals surface area contributed by atoms with Gasteiger partial charge in [0.15, 0.2) is 0 Å². The largest absolute Gasteiger partial charge is 0.329 e. The number of hydrogen-bond acceptors (Lipinski definition) is 3. The molecule has 3 heteroatoms. The Kier molecular flexibility index (Phi) is 3.86. The van der Waals surface area contributed by atoms with Crippen LogP contribution in [-0.2, 0) is 6.54 Å². The molecule has 0 unspecified atom stereocenters. The molecule has 1 aromatic heterocycles. The molecule has 0 saturated heterocycles. The first-order valence-corrected chi connectivity index (χ1v) is 4.57. The number of aryl methyl sites for hydroxylation is 1. The predicted molar refractivity (Wildman–Crippen MR) is 54.3 cm³/mol. The average molecular weight is 179 g/mol. The van der Waals surface area contributed by atoms with E-state index in [1.807, 2.05) is 19.2 Å². The Morgan fingerprint density at radius 1 is 1.62 bits per heavy atom. The minimum absolute atomic E-state index is 0.369. The molecule has 1 rings (SSSR count). The zero-order chi connectivity index (χ0) is 9.68. The van der Waals surface area contributed by atoms with E-state index in [2.05, 4.69) is 23.3 Å². The Balaban J connectivity index is 2.45. The molecule has 0 fully saturated rings. The minimum Gasteiger partial charge on any atom is -0.329 e. The van der Waals surface area contributed by atoms with Crippen molar-refractivity contribution in [2.45, 2.75) is 26.4 Å². The fourth-order valence-corrected chi connectivity index (χ4v) is 1.09. The van der Waals surface area contributed by atoms with E-state index in [1.54, 1.807) is 0 Å². The summed E-state index contributed by atoms with van der Waals surface area (Å²) < 4.78 is 0. The van der Waals surface area contributed by atoms with Crippen molar-refractivity contribution in [3.63, 3.8) is 0 Å². The quantitative estimate of drug-likeness (QED) is 0.719. The van der Waals surface area contributed by atoms with Crippen molar-refractivity contribution in [2.75, 3.05) is 6.54 Å². The van der Waals surface area contributed by atoms with Gasteiger partial charge < -0.3 is 11.1 Å². The van der Waals surface area contributed by atoms with E-state index >= 15 is 0 Å². The zero-order valence-electron chi connectivity index (χ0n) is 8.25. The highest BCUT2D eigenvalue weighted by molar-refractivity contribution is 5.15. The highest BCUT2D eigenvalue weighted by atomic mass is 14.9. The van der Waals surface area contributed by atoms with Crippen LogP contribution < -0.4 is 11.1 Å². The lowest BCUT2D eigenvalue weighted by Gasteiger charge is -2.10.